The van der Waals surface area contributed by atoms with Gasteiger partial charge in [0.15, 0.2) is 0 Å². The summed E-state index contributed by atoms with van der Waals surface area (Å²) >= 11 is 0. The molecule has 2 aromatic heterocycles. The van der Waals surface area contributed by atoms with Crippen LogP contribution in [-0.2, 0) is 13.0 Å². The zero-order valence-corrected chi connectivity index (χ0v) is 11.9. The molecule has 0 spiro atoms. The van der Waals surface area contributed by atoms with E-state index in [-0.39, 0.29) is 0 Å². The summed E-state index contributed by atoms with van der Waals surface area (Å²) in [5.74, 6) is 0. The minimum absolute atomic E-state index is 0.421. The summed E-state index contributed by atoms with van der Waals surface area (Å²) in [6.45, 7) is 1.76. The fraction of sp³-hybridized carbons (Fsp3) is 0.375. The second kappa shape index (κ2) is 5.33. The maximum absolute atomic E-state index is 4.00. The molecule has 21 heavy (non-hydrogen) atoms. The average Bonchev–Trinajstić information content (AvgIpc) is 3.15. The normalized spacial score (nSPS) is 18.0. The van der Waals surface area contributed by atoms with Crippen LogP contribution in [0.15, 0.2) is 36.7 Å². The fourth-order valence-corrected chi connectivity index (χ4v) is 3.32. The number of nitrogens with one attached hydrogen (secondary N) is 2. The summed E-state index contributed by atoms with van der Waals surface area (Å²) in [6, 6.07) is 9.03. The number of hydrogen-bond acceptors (Lipinski definition) is 3. The largest absolute Gasteiger partial charge is 0.357 e. The Bertz CT molecular complexity index is 728. The molecule has 0 radical (unpaired) electrons. The van der Waals surface area contributed by atoms with E-state index in [1.807, 2.05) is 10.9 Å². The lowest BCUT2D eigenvalue weighted by Crippen LogP contribution is -2.28. The minimum atomic E-state index is 0.421. The number of benzene rings is 1. The van der Waals surface area contributed by atoms with Crippen LogP contribution < -0.4 is 5.32 Å². The second-order valence-electron chi connectivity index (χ2n) is 5.63. The SMILES string of the molecule is c1ccc2c3c([nH]c2c1)C(NCCn1ccnn1)CCC3. The summed E-state index contributed by atoms with van der Waals surface area (Å²) in [6.07, 6.45) is 7.24. The van der Waals surface area contributed by atoms with Gasteiger partial charge in [-0.1, -0.05) is 23.4 Å². The molecule has 2 heterocycles. The van der Waals surface area contributed by atoms with Gasteiger partial charge in [-0.3, -0.25) is 4.68 Å². The Hall–Kier alpha value is -2.14. The first kappa shape index (κ1) is 12.6. The molecule has 0 saturated heterocycles. The topological polar surface area (TPSA) is 58.5 Å². The van der Waals surface area contributed by atoms with Crippen molar-refractivity contribution in [2.75, 3.05) is 6.54 Å². The number of aromatic amines is 1. The van der Waals surface area contributed by atoms with Gasteiger partial charge in [-0.25, -0.2) is 0 Å². The van der Waals surface area contributed by atoms with Gasteiger partial charge < -0.3 is 10.3 Å². The smallest absolute Gasteiger partial charge is 0.0692 e. The third kappa shape index (κ3) is 2.34. The number of rotatable bonds is 4. The lowest BCUT2D eigenvalue weighted by atomic mass is 9.92. The van der Waals surface area contributed by atoms with Gasteiger partial charge in [0.25, 0.3) is 0 Å². The molecule has 3 aromatic rings. The van der Waals surface area contributed by atoms with Gasteiger partial charge in [0, 0.05) is 35.4 Å². The highest BCUT2D eigenvalue weighted by atomic mass is 15.4. The maximum Gasteiger partial charge on any atom is 0.0692 e. The van der Waals surface area contributed by atoms with Crippen molar-refractivity contribution in [3.63, 3.8) is 0 Å². The van der Waals surface area contributed by atoms with Crippen LogP contribution in [-0.4, -0.2) is 26.5 Å². The molecular weight excluding hydrogens is 262 g/mol. The highest BCUT2D eigenvalue weighted by Gasteiger charge is 2.23. The molecule has 0 saturated carbocycles. The lowest BCUT2D eigenvalue weighted by Gasteiger charge is -2.23. The van der Waals surface area contributed by atoms with Crippen LogP contribution in [0.5, 0.6) is 0 Å². The van der Waals surface area contributed by atoms with Crippen molar-refractivity contribution in [3.8, 4) is 0 Å². The van der Waals surface area contributed by atoms with Crippen molar-refractivity contribution in [3.05, 3.63) is 47.9 Å². The first-order valence-electron chi connectivity index (χ1n) is 7.59. The quantitative estimate of drug-likeness (QED) is 0.772. The summed E-state index contributed by atoms with van der Waals surface area (Å²) in [5, 5.41) is 12.9. The number of aromatic nitrogens is 4. The average molecular weight is 281 g/mol. The second-order valence-corrected chi connectivity index (χ2v) is 5.63. The molecule has 0 aliphatic heterocycles. The molecular formula is C16H19N5. The van der Waals surface area contributed by atoms with E-state index in [1.54, 1.807) is 6.20 Å². The summed E-state index contributed by atoms with van der Waals surface area (Å²) in [5.41, 5.74) is 4.13. The van der Waals surface area contributed by atoms with E-state index in [0.29, 0.717) is 6.04 Å². The van der Waals surface area contributed by atoms with E-state index in [1.165, 1.54) is 41.4 Å². The molecule has 1 atom stereocenters. The van der Waals surface area contributed by atoms with Crippen LogP contribution in [0.2, 0.25) is 0 Å². The summed E-state index contributed by atoms with van der Waals surface area (Å²) in [7, 11) is 0. The van der Waals surface area contributed by atoms with Gasteiger partial charge in [0.2, 0.25) is 0 Å². The number of para-hydroxylation sites is 1. The molecule has 0 fully saturated rings. The molecule has 0 bridgehead atoms. The Balaban J connectivity index is 1.53. The lowest BCUT2D eigenvalue weighted by molar-refractivity contribution is 0.429. The highest BCUT2D eigenvalue weighted by molar-refractivity contribution is 5.85. The number of H-pyrrole nitrogens is 1. The zero-order chi connectivity index (χ0) is 14.1. The molecule has 1 unspecified atom stereocenters. The van der Waals surface area contributed by atoms with Gasteiger partial charge >= 0.3 is 0 Å². The standard InChI is InChI=1S/C16H19N5/c1-2-6-14-12(4-1)13-5-3-7-15(16(13)19-14)17-8-10-21-11-9-18-20-21/h1-2,4,6,9,11,15,17,19H,3,5,7-8,10H2. The summed E-state index contributed by atoms with van der Waals surface area (Å²) in [4.78, 5) is 3.61. The number of aryl methyl sites for hydroxylation is 1. The van der Waals surface area contributed by atoms with Crippen molar-refractivity contribution in [2.45, 2.75) is 31.8 Å². The predicted octanol–water partition coefficient (Wildman–Crippen LogP) is 2.43. The Morgan fingerprint density at radius 3 is 3.19 bits per heavy atom. The van der Waals surface area contributed by atoms with Crippen LogP contribution in [0.25, 0.3) is 10.9 Å². The van der Waals surface area contributed by atoms with Crippen LogP contribution in [0.4, 0.5) is 0 Å². The third-order valence-electron chi connectivity index (χ3n) is 4.32. The molecule has 1 aliphatic rings. The van der Waals surface area contributed by atoms with Gasteiger partial charge in [0.1, 0.15) is 0 Å². The summed E-state index contributed by atoms with van der Waals surface area (Å²) < 4.78 is 1.86. The highest BCUT2D eigenvalue weighted by Crippen LogP contribution is 2.34. The molecule has 5 nitrogen and oxygen atoms in total. The van der Waals surface area contributed by atoms with Crippen molar-refractivity contribution < 1.29 is 0 Å². The van der Waals surface area contributed by atoms with Crippen LogP contribution in [0, 0.1) is 0 Å². The van der Waals surface area contributed by atoms with Gasteiger partial charge in [-0.15, -0.1) is 5.10 Å². The third-order valence-corrected chi connectivity index (χ3v) is 4.32. The van der Waals surface area contributed by atoms with Crippen LogP contribution in [0.1, 0.15) is 30.1 Å². The number of fused-ring (bicyclic) bond motifs is 3. The van der Waals surface area contributed by atoms with Crippen LogP contribution >= 0.6 is 0 Å². The van der Waals surface area contributed by atoms with Crippen molar-refractivity contribution >= 4 is 10.9 Å². The van der Waals surface area contributed by atoms with E-state index in [4.69, 9.17) is 0 Å². The number of nitrogens with zero attached hydrogens (tertiary/aromatic N) is 3. The van der Waals surface area contributed by atoms with Crippen molar-refractivity contribution in [1.82, 2.24) is 25.3 Å². The van der Waals surface area contributed by atoms with Crippen LogP contribution in [0.3, 0.4) is 0 Å². The maximum atomic E-state index is 4.00. The van der Waals surface area contributed by atoms with Crippen molar-refractivity contribution in [1.29, 1.82) is 0 Å². The van der Waals surface area contributed by atoms with E-state index >= 15 is 0 Å². The van der Waals surface area contributed by atoms with E-state index < -0.39 is 0 Å². The number of hydrogen-bond donors (Lipinski definition) is 2. The molecule has 1 aliphatic carbocycles. The zero-order valence-electron chi connectivity index (χ0n) is 11.9. The molecule has 5 heteroatoms. The predicted molar refractivity (Wildman–Crippen MR) is 82.0 cm³/mol. The van der Waals surface area contributed by atoms with E-state index in [9.17, 15) is 0 Å². The Labute approximate surface area is 123 Å². The van der Waals surface area contributed by atoms with Gasteiger partial charge in [-0.2, -0.15) is 0 Å². The van der Waals surface area contributed by atoms with E-state index in [0.717, 1.165) is 13.1 Å². The Morgan fingerprint density at radius 2 is 2.29 bits per heavy atom. The Kier molecular flexibility index (Phi) is 3.20. The molecule has 2 N–H and O–H groups in total. The molecule has 4 rings (SSSR count). The van der Waals surface area contributed by atoms with Gasteiger partial charge in [0.05, 0.1) is 12.7 Å². The monoisotopic (exact) mass is 281 g/mol. The first-order chi connectivity index (χ1) is 10.4. The fourth-order valence-electron chi connectivity index (χ4n) is 3.32. The minimum Gasteiger partial charge on any atom is -0.357 e. The first-order valence-corrected chi connectivity index (χ1v) is 7.59. The molecule has 108 valence electrons. The van der Waals surface area contributed by atoms with Crippen molar-refractivity contribution in [2.24, 2.45) is 0 Å². The molecule has 0 amide bonds. The van der Waals surface area contributed by atoms with Gasteiger partial charge in [-0.05, 0) is 30.9 Å². The van der Waals surface area contributed by atoms with E-state index in [2.05, 4.69) is 44.9 Å². The molecule has 1 aromatic carbocycles. The Morgan fingerprint density at radius 1 is 1.33 bits per heavy atom.